The number of carbonyl (C=O) groups is 1. The fraction of sp³-hybridized carbons (Fsp3) is 0.400. The zero-order valence-corrected chi connectivity index (χ0v) is 19.8. The van der Waals surface area contributed by atoms with Crippen LogP contribution in [0.25, 0.3) is 21.9 Å². The fourth-order valence-corrected chi connectivity index (χ4v) is 5.27. The van der Waals surface area contributed by atoms with E-state index < -0.39 is 11.9 Å². The smallest absolute Gasteiger partial charge is 0.413 e. The van der Waals surface area contributed by atoms with Crippen molar-refractivity contribution >= 4 is 34.1 Å². The molecule has 0 radical (unpaired) electrons. The number of nitrogens with one attached hydrogen (secondary N) is 2. The van der Waals surface area contributed by atoms with Gasteiger partial charge in [-0.2, -0.15) is 0 Å². The van der Waals surface area contributed by atoms with Crippen molar-refractivity contribution in [2.24, 2.45) is 0 Å². The molecule has 1 aliphatic heterocycles. The number of amides is 1. The monoisotopic (exact) mass is 480 g/mol. The maximum absolute atomic E-state index is 15.5. The van der Waals surface area contributed by atoms with Crippen molar-refractivity contribution in [2.45, 2.75) is 44.7 Å². The number of fused-ring (bicyclic) bond motifs is 2. The number of hydrogen-bond donors (Lipinski definition) is 4. The summed E-state index contributed by atoms with van der Waals surface area (Å²) >= 11 is 0. The number of hydrogen-bond acceptors (Lipinski definition) is 7. The minimum Gasteiger partial charge on any atom is -0.474 e. The molecule has 1 amide bonds. The molecule has 0 saturated heterocycles. The van der Waals surface area contributed by atoms with Gasteiger partial charge in [0, 0.05) is 41.5 Å². The highest BCUT2D eigenvalue weighted by Gasteiger charge is 2.34. The molecule has 1 aliphatic carbocycles. The van der Waals surface area contributed by atoms with Crippen molar-refractivity contribution in [1.29, 1.82) is 0 Å². The highest BCUT2D eigenvalue weighted by atomic mass is 19.1. The maximum Gasteiger partial charge on any atom is 0.413 e. The van der Waals surface area contributed by atoms with Gasteiger partial charge >= 0.3 is 6.09 Å². The van der Waals surface area contributed by atoms with Crippen LogP contribution >= 0.6 is 0 Å². The van der Waals surface area contributed by atoms with E-state index in [1.165, 1.54) is 11.1 Å². The van der Waals surface area contributed by atoms with Crippen molar-refractivity contribution in [3.8, 4) is 17.0 Å². The second-order valence-corrected chi connectivity index (χ2v) is 9.07. The van der Waals surface area contributed by atoms with Gasteiger partial charge in [0.2, 0.25) is 5.88 Å². The number of ether oxygens (including phenoxy) is 1. The number of anilines is 3. The Bertz CT molecular complexity index is 1300. The van der Waals surface area contributed by atoms with Crippen molar-refractivity contribution in [3.05, 3.63) is 35.9 Å². The van der Waals surface area contributed by atoms with Gasteiger partial charge in [0.05, 0.1) is 11.7 Å². The number of carboxylic acid groups (broad SMARTS) is 1. The van der Waals surface area contributed by atoms with Gasteiger partial charge in [0.1, 0.15) is 18.1 Å². The Morgan fingerprint density at radius 3 is 2.83 bits per heavy atom. The van der Waals surface area contributed by atoms with Gasteiger partial charge in [-0.05, 0) is 49.9 Å². The van der Waals surface area contributed by atoms with Gasteiger partial charge in [0.25, 0.3) is 0 Å². The largest absolute Gasteiger partial charge is 0.474 e. The Morgan fingerprint density at radius 1 is 1.26 bits per heavy atom. The van der Waals surface area contributed by atoms with Crippen LogP contribution in [0.4, 0.5) is 26.4 Å². The Kier molecular flexibility index (Phi) is 6.06. The number of rotatable bonds is 4. The van der Waals surface area contributed by atoms with E-state index in [0.717, 1.165) is 36.9 Å². The van der Waals surface area contributed by atoms with Gasteiger partial charge in [-0.25, -0.2) is 19.2 Å². The summed E-state index contributed by atoms with van der Waals surface area (Å²) in [6.07, 6.45) is 5.59. The minimum absolute atomic E-state index is 0.0325. The van der Waals surface area contributed by atoms with Crippen LogP contribution in [0.5, 0.6) is 5.88 Å². The zero-order valence-electron chi connectivity index (χ0n) is 19.8. The molecular formula is C25H29FN6O3. The SMILES string of the molecule is CN[C@@H]1CCCC[C@H]1N(C(=O)O)c1cc2cc(-c3cnc4c(c3C)NCCO4)c(F)c(N)c2cn1. The Labute approximate surface area is 202 Å². The average molecular weight is 481 g/mol. The van der Waals surface area contributed by atoms with E-state index in [-0.39, 0.29) is 17.8 Å². The molecule has 0 unspecified atom stereocenters. The van der Waals surface area contributed by atoms with Crippen LogP contribution < -0.4 is 26.0 Å². The first-order valence-corrected chi connectivity index (χ1v) is 11.8. The van der Waals surface area contributed by atoms with Crippen LogP contribution in [0.2, 0.25) is 0 Å². The highest BCUT2D eigenvalue weighted by molar-refractivity contribution is 5.99. The third-order valence-electron chi connectivity index (χ3n) is 7.11. The first-order valence-electron chi connectivity index (χ1n) is 11.8. The fourth-order valence-electron chi connectivity index (χ4n) is 5.27. The predicted octanol–water partition coefficient (Wildman–Crippen LogP) is 4.15. The summed E-state index contributed by atoms with van der Waals surface area (Å²) < 4.78 is 21.1. The number of nitrogen functional groups attached to an aromatic ring is 1. The van der Waals surface area contributed by atoms with Crippen LogP contribution in [0.1, 0.15) is 31.2 Å². The zero-order chi connectivity index (χ0) is 24.7. The van der Waals surface area contributed by atoms with E-state index in [2.05, 4.69) is 20.6 Å². The molecule has 3 heterocycles. The molecule has 1 saturated carbocycles. The second kappa shape index (κ2) is 9.18. The first-order chi connectivity index (χ1) is 16.9. The van der Waals surface area contributed by atoms with E-state index in [4.69, 9.17) is 10.5 Å². The Hall–Kier alpha value is -3.66. The van der Waals surface area contributed by atoms with Gasteiger partial charge in [-0.3, -0.25) is 4.90 Å². The molecule has 10 heteroatoms. The summed E-state index contributed by atoms with van der Waals surface area (Å²) in [7, 11) is 1.85. The summed E-state index contributed by atoms with van der Waals surface area (Å²) in [5.74, 6) is 0.220. The number of benzene rings is 1. The Balaban J connectivity index is 1.63. The number of nitrogens with two attached hydrogens (primary N) is 1. The standard InChI is InChI=1S/C25H29FN6O3/c1-13-16(11-31-24-23(13)29-7-8-35-24)15-9-14-10-20(30-12-17(14)22(27)21(15)26)32(25(33)34)19-6-4-3-5-18(19)28-2/h9-12,18-19,28-29H,3-8,27H2,1-2H3,(H,33,34)/t18-,19-/m1/s1. The third kappa shape index (κ3) is 3.97. The molecule has 2 aromatic heterocycles. The van der Waals surface area contributed by atoms with Gasteiger partial charge in [-0.1, -0.05) is 12.8 Å². The summed E-state index contributed by atoms with van der Waals surface area (Å²) in [5, 5.41) is 17.6. The van der Waals surface area contributed by atoms with Crippen molar-refractivity contribution in [3.63, 3.8) is 0 Å². The number of pyridine rings is 2. The molecule has 5 rings (SSSR count). The van der Waals surface area contributed by atoms with Crippen LogP contribution in [-0.4, -0.2) is 53.5 Å². The molecule has 5 N–H and O–H groups in total. The quantitative estimate of drug-likeness (QED) is 0.411. The Morgan fingerprint density at radius 2 is 2.06 bits per heavy atom. The summed E-state index contributed by atoms with van der Waals surface area (Å²) in [6.45, 7) is 3.03. The molecule has 2 aliphatic rings. The third-order valence-corrected chi connectivity index (χ3v) is 7.11. The molecule has 3 aromatic rings. The lowest BCUT2D eigenvalue weighted by molar-refractivity contribution is 0.192. The summed E-state index contributed by atoms with van der Waals surface area (Å²) in [5.41, 5.74) is 8.57. The minimum atomic E-state index is -1.07. The normalized spacial score (nSPS) is 19.5. The maximum atomic E-state index is 15.5. The summed E-state index contributed by atoms with van der Waals surface area (Å²) in [4.78, 5) is 22.4. The number of likely N-dealkylation sites (N-methyl/N-ethyl adjacent to an activating group) is 1. The predicted molar refractivity (Wildman–Crippen MR) is 134 cm³/mol. The molecule has 184 valence electrons. The number of halogens is 1. The van der Waals surface area contributed by atoms with Crippen molar-refractivity contribution in [2.75, 3.05) is 36.1 Å². The van der Waals surface area contributed by atoms with Crippen LogP contribution in [-0.2, 0) is 0 Å². The van der Waals surface area contributed by atoms with Gasteiger partial charge in [0.15, 0.2) is 5.82 Å². The molecule has 1 fully saturated rings. The van der Waals surface area contributed by atoms with Crippen LogP contribution in [0.3, 0.4) is 0 Å². The van der Waals surface area contributed by atoms with Gasteiger partial charge in [-0.15, -0.1) is 0 Å². The summed E-state index contributed by atoms with van der Waals surface area (Å²) in [6, 6.07) is 3.15. The first kappa shape index (κ1) is 23.1. The lowest BCUT2D eigenvalue weighted by atomic mass is 9.89. The molecule has 2 atom stereocenters. The molecule has 1 aromatic carbocycles. The number of nitrogens with zero attached hydrogens (tertiary/aromatic N) is 3. The van der Waals surface area contributed by atoms with Crippen LogP contribution in [0, 0.1) is 12.7 Å². The molecule has 35 heavy (non-hydrogen) atoms. The molecule has 9 nitrogen and oxygen atoms in total. The van der Waals surface area contributed by atoms with E-state index >= 15 is 4.39 Å². The van der Waals surface area contributed by atoms with Crippen molar-refractivity contribution < 1.29 is 19.0 Å². The lowest BCUT2D eigenvalue weighted by Crippen LogP contribution is -2.53. The van der Waals surface area contributed by atoms with E-state index in [0.29, 0.717) is 46.7 Å². The molecular weight excluding hydrogens is 451 g/mol. The molecule has 0 spiro atoms. The van der Waals surface area contributed by atoms with E-state index in [9.17, 15) is 9.90 Å². The van der Waals surface area contributed by atoms with Crippen LogP contribution in [0.15, 0.2) is 24.5 Å². The van der Waals surface area contributed by atoms with Gasteiger partial charge < -0.3 is 26.2 Å². The lowest BCUT2D eigenvalue weighted by Gasteiger charge is -2.37. The second-order valence-electron chi connectivity index (χ2n) is 9.07. The highest BCUT2D eigenvalue weighted by Crippen LogP contribution is 2.40. The number of aromatic nitrogens is 2. The van der Waals surface area contributed by atoms with Crippen molar-refractivity contribution in [1.82, 2.24) is 15.3 Å². The van der Waals surface area contributed by atoms with E-state index in [1.54, 1.807) is 18.3 Å². The average Bonchev–Trinajstić information content (AvgIpc) is 2.87. The van der Waals surface area contributed by atoms with E-state index in [1.807, 2.05) is 14.0 Å². The molecule has 0 bridgehead atoms. The topological polar surface area (TPSA) is 126 Å².